The number of furan rings is 1. The van der Waals surface area contributed by atoms with Gasteiger partial charge in [0.25, 0.3) is 0 Å². The van der Waals surface area contributed by atoms with E-state index >= 15 is 0 Å². The Kier molecular flexibility index (Phi) is 2.50. The van der Waals surface area contributed by atoms with E-state index in [9.17, 15) is 4.11 Å². The zero-order valence-electron chi connectivity index (χ0n) is 37.0. The standard InChI is InChI=1S/C40H24O/c1-2-10-25(11-3-1)32-22-23-34(38-35-21-19-27-13-5-9-17-31(27)39(35)41-40(32)38)37-30-16-8-6-14-28(30)24-36-29-15-7-4-12-26(29)18-20-33(36)37/h1-24H/i1D,2D,3D,4D,6D,7D,8D,10D,11D,12D,14D,15D,16D,18D,20D,24D. The van der Waals surface area contributed by atoms with Crippen molar-refractivity contribution >= 4 is 65.0 Å². The van der Waals surface area contributed by atoms with E-state index < -0.39 is 96.7 Å². The second-order valence-corrected chi connectivity index (χ2v) is 9.63. The summed E-state index contributed by atoms with van der Waals surface area (Å²) in [5, 5.41) is 0.629. The van der Waals surface area contributed by atoms with E-state index in [0.717, 1.165) is 5.39 Å². The van der Waals surface area contributed by atoms with Gasteiger partial charge in [0.15, 0.2) is 0 Å². The minimum Gasteiger partial charge on any atom is -0.455 e. The van der Waals surface area contributed by atoms with Crippen LogP contribution in [0.1, 0.15) is 21.9 Å². The Morgan fingerprint density at radius 2 is 1.20 bits per heavy atom. The maximum atomic E-state index is 9.49. The summed E-state index contributed by atoms with van der Waals surface area (Å²) in [6.07, 6.45) is 0. The first-order valence-corrected chi connectivity index (χ1v) is 12.8. The van der Waals surface area contributed by atoms with Crippen molar-refractivity contribution in [3.8, 4) is 22.3 Å². The maximum Gasteiger partial charge on any atom is 0.143 e. The summed E-state index contributed by atoms with van der Waals surface area (Å²) in [7, 11) is 0. The SMILES string of the molecule is [2H]c1c([2H])c([2H])c(-c2ccc(-c3c4c([2H])c([2H])c([2H])c([2H])c4c([2H])c4c3c([2H])c([2H])c3c([2H])c([2H])c([2H])c([2H])c34)c3c2oc2c4ccccc4ccc23)c([2H])c1[2H]. The van der Waals surface area contributed by atoms with E-state index in [1.807, 2.05) is 24.3 Å². The Bertz CT molecular complexity index is 3340. The number of fused-ring (bicyclic) bond motifs is 9. The number of hydrogen-bond donors (Lipinski definition) is 0. The summed E-state index contributed by atoms with van der Waals surface area (Å²) in [5.74, 6) is 0. The van der Waals surface area contributed by atoms with Gasteiger partial charge in [0.05, 0.1) is 21.9 Å². The van der Waals surface area contributed by atoms with Crippen molar-refractivity contribution in [2.24, 2.45) is 0 Å². The molecule has 0 saturated heterocycles. The first-order valence-electron chi connectivity index (χ1n) is 20.8. The van der Waals surface area contributed by atoms with Gasteiger partial charge in [-0.3, -0.25) is 0 Å². The molecule has 1 aromatic heterocycles. The van der Waals surface area contributed by atoms with Crippen LogP contribution in [0.25, 0.3) is 87.3 Å². The first kappa shape index (κ1) is 12.0. The van der Waals surface area contributed by atoms with Gasteiger partial charge in [-0.1, -0.05) is 127 Å². The van der Waals surface area contributed by atoms with Gasteiger partial charge in [0.1, 0.15) is 11.2 Å². The Hall–Kier alpha value is -5.40. The van der Waals surface area contributed by atoms with E-state index in [4.69, 9.17) is 22.2 Å². The van der Waals surface area contributed by atoms with Gasteiger partial charge >= 0.3 is 0 Å². The molecule has 0 spiro atoms. The van der Waals surface area contributed by atoms with Gasteiger partial charge in [-0.25, -0.2) is 0 Å². The Balaban J connectivity index is 1.62. The summed E-state index contributed by atoms with van der Waals surface area (Å²) in [4.78, 5) is 0. The van der Waals surface area contributed by atoms with Crippen LogP contribution < -0.4 is 0 Å². The van der Waals surface area contributed by atoms with Crippen molar-refractivity contribution in [2.75, 3.05) is 0 Å². The average molecular weight is 537 g/mol. The van der Waals surface area contributed by atoms with Crippen LogP contribution in [0, 0.1) is 0 Å². The molecule has 0 aliphatic heterocycles. The molecule has 0 atom stereocenters. The highest BCUT2D eigenvalue weighted by molar-refractivity contribution is 6.27. The van der Waals surface area contributed by atoms with Crippen LogP contribution in [-0.4, -0.2) is 0 Å². The van der Waals surface area contributed by atoms with Crippen LogP contribution in [0.5, 0.6) is 0 Å². The summed E-state index contributed by atoms with van der Waals surface area (Å²) in [6, 6.07) is 4.34. The van der Waals surface area contributed by atoms with Crippen LogP contribution >= 0.6 is 0 Å². The quantitative estimate of drug-likeness (QED) is 0.158. The minimum atomic E-state index is -0.667. The van der Waals surface area contributed by atoms with Crippen molar-refractivity contribution in [1.29, 1.82) is 0 Å². The van der Waals surface area contributed by atoms with Crippen LogP contribution in [0.3, 0.4) is 0 Å². The van der Waals surface area contributed by atoms with E-state index in [1.165, 1.54) is 12.1 Å². The molecule has 1 heterocycles. The molecule has 190 valence electrons. The van der Waals surface area contributed by atoms with Crippen molar-refractivity contribution in [3.05, 3.63) is 145 Å². The second-order valence-electron chi connectivity index (χ2n) is 9.63. The fraction of sp³-hybridized carbons (Fsp3) is 0. The average Bonchev–Trinajstić information content (AvgIpc) is 3.61. The molecule has 0 aliphatic rings. The van der Waals surface area contributed by atoms with Gasteiger partial charge in [-0.2, -0.15) is 0 Å². The number of hydrogen-bond acceptors (Lipinski definition) is 1. The smallest absolute Gasteiger partial charge is 0.143 e. The topological polar surface area (TPSA) is 13.1 Å². The molecule has 1 nitrogen and oxygen atoms in total. The Labute approximate surface area is 259 Å². The monoisotopic (exact) mass is 536 g/mol. The van der Waals surface area contributed by atoms with E-state index in [-0.39, 0.29) is 65.5 Å². The molecule has 0 bridgehead atoms. The third-order valence-electron chi connectivity index (χ3n) is 7.49. The highest BCUT2D eigenvalue weighted by atomic mass is 16.3. The normalized spacial score (nSPS) is 17.4. The number of rotatable bonds is 2. The largest absolute Gasteiger partial charge is 0.455 e. The lowest BCUT2D eigenvalue weighted by molar-refractivity contribution is 0.674. The van der Waals surface area contributed by atoms with Crippen LogP contribution in [0.15, 0.2) is 150 Å². The molecule has 8 aromatic carbocycles. The van der Waals surface area contributed by atoms with Gasteiger partial charge in [-0.15, -0.1) is 0 Å². The number of benzene rings is 8. The Morgan fingerprint density at radius 3 is 2.10 bits per heavy atom. The fourth-order valence-electron chi connectivity index (χ4n) is 5.73. The maximum absolute atomic E-state index is 9.49. The molecule has 9 rings (SSSR count). The van der Waals surface area contributed by atoms with Crippen molar-refractivity contribution in [2.45, 2.75) is 0 Å². The van der Waals surface area contributed by atoms with Gasteiger partial charge in [-0.05, 0) is 72.6 Å². The summed E-state index contributed by atoms with van der Waals surface area (Å²) < 4.78 is 147. The van der Waals surface area contributed by atoms with Crippen LogP contribution in [-0.2, 0) is 0 Å². The first-order chi connectivity index (χ1) is 27.0. The molecule has 41 heavy (non-hydrogen) atoms. The van der Waals surface area contributed by atoms with Crippen LogP contribution in [0.2, 0.25) is 0 Å². The molecule has 1 heteroatoms. The van der Waals surface area contributed by atoms with Crippen LogP contribution in [0.4, 0.5) is 0 Å². The third kappa shape index (κ3) is 3.24. The molecule has 0 aliphatic carbocycles. The van der Waals surface area contributed by atoms with Crippen molar-refractivity contribution < 1.29 is 26.3 Å². The summed E-state index contributed by atoms with van der Waals surface area (Å²) >= 11 is 0. The van der Waals surface area contributed by atoms with E-state index in [1.54, 1.807) is 12.1 Å². The minimum absolute atomic E-state index is 0.0369. The zero-order chi connectivity index (χ0) is 40.8. The highest BCUT2D eigenvalue weighted by Crippen LogP contribution is 2.47. The summed E-state index contributed by atoms with van der Waals surface area (Å²) in [6.45, 7) is 0. The van der Waals surface area contributed by atoms with E-state index in [0.29, 0.717) is 16.4 Å². The Morgan fingerprint density at radius 1 is 0.439 bits per heavy atom. The third-order valence-corrected chi connectivity index (χ3v) is 7.49. The lowest BCUT2D eigenvalue weighted by atomic mass is 9.87. The molecule has 0 radical (unpaired) electrons. The van der Waals surface area contributed by atoms with Gasteiger partial charge < -0.3 is 4.42 Å². The lowest BCUT2D eigenvalue weighted by Crippen LogP contribution is -1.89. The highest BCUT2D eigenvalue weighted by Gasteiger charge is 2.21. The van der Waals surface area contributed by atoms with Crippen molar-refractivity contribution in [3.63, 3.8) is 0 Å². The second kappa shape index (κ2) is 8.55. The van der Waals surface area contributed by atoms with Gasteiger partial charge in [0, 0.05) is 21.7 Å². The molecule has 0 N–H and O–H groups in total. The molecule has 0 amide bonds. The molecule has 0 unspecified atom stereocenters. The summed E-state index contributed by atoms with van der Waals surface area (Å²) in [5.41, 5.74) is 0.423. The lowest BCUT2D eigenvalue weighted by Gasteiger charge is -2.16. The zero-order valence-corrected chi connectivity index (χ0v) is 21.0. The van der Waals surface area contributed by atoms with Crippen molar-refractivity contribution in [1.82, 2.24) is 0 Å². The molecule has 0 fully saturated rings. The predicted octanol–water partition coefficient (Wildman–Crippen LogP) is 11.5. The molecular weight excluding hydrogens is 496 g/mol. The van der Waals surface area contributed by atoms with E-state index in [2.05, 4.69) is 0 Å². The van der Waals surface area contributed by atoms with Gasteiger partial charge in [0.2, 0.25) is 0 Å². The molecule has 9 aromatic rings. The molecule has 0 saturated carbocycles. The molecular formula is C40H24O. The fourth-order valence-corrected chi connectivity index (χ4v) is 5.73. The predicted molar refractivity (Wildman–Crippen MR) is 175 cm³/mol.